The van der Waals surface area contributed by atoms with Gasteiger partial charge in [-0.25, -0.2) is 9.37 Å². The summed E-state index contributed by atoms with van der Waals surface area (Å²) in [4.78, 5) is 21.6. The normalized spacial score (nSPS) is 19.9. The molecule has 8 heteroatoms. The molecule has 2 aromatic rings. The molecule has 2 aromatic heterocycles. The molecule has 0 unspecified atom stereocenters. The van der Waals surface area contributed by atoms with Crippen LogP contribution in [-0.4, -0.2) is 56.5 Å². The molecule has 2 aliphatic rings. The van der Waals surface area contributed by atoms with Crippen molar-refractivity contribution in [2.45, 2.75) is 26.4 Å². The Morgan fingerprint density at radius 2 is 2.00 bits per heavy atom. The van der Waals surface area contributed by atoms with Gasteiger partial charge in [0.2, 0.25) is 0 Å². The van der Waals surface area contributed by atoms with Gasteiger partial charge in [-0.1, -0.05) is 0 Å². The van der Waals surface area contributed by atoms with Crippen LogP contribution in [0.25, 0.3) is 0 Å². The minimum atomic E-state index is -0.884. The maximum Gasteiger partial charge on any atom is 0.291 e. The molecule has 4 heterocycles. The van der Waals surface area contributed by atoms with Crippen molar-refractivity contribution >= 4 is 23.2 Å². The van der Waals surface area contributed by atoms with E-state index in [1.165, 1.54) is 6.26 Å². The number of pyridine rings is 1. The average molecular weight is 388 g/mol. The second-order valence-electron chi connectivity index (χ2n) is 7.31. The van der Waals surface area contributed by atoms with Crippen LogP contribution in [0.15, 0.2) is 22.8 Å². The lowest BCUT2D eigenvalue weighted by Crippen LogP contribution is -2.37. The van der Waals surface area contributed by atoms with E-state index in [1.807, 2.05) is 24.8 Å². The molecule has 2 saturated heterocycles. The van der Waals surface area contributed by atoms with Gasteiger partial charge < -0.3 is 24.3 Å². The Morgan fingerprint density at radius 1 is 1.21 bits per heavy atom. The van der Waals surface area contributed by atoms with E-state index in [9.17, 15) is 9.18 Å². The molecular formula is C20H25FN4O3. The number of furan rings is 1. The highest BCUT2D eigenvalue weighted by atomic mass is 19.1. The second-order valence-corrected chi connectivity index (χ2v) is 7.31. The minimum Gasteiger partial charge on any atom is -0.459 e. The Kier molecular flexibility index (Phi) is 5.21. The monoisotopic (exact) mass is 388 g/mol. The zero-order valence-corrected chi connectivity index (χ0v) is 16.2. The van der Waals surface area contributed by atoms with E-state index in [1.54, 1.807) is 6.07 Å². The molecule has 1 N–H and O–H groups in total. The van der Waals surface area contributed by atoms with Crippen LogP contribution in [0.5, 0.6) is 0 Å². The first-order valence-corrected chi connectivity index (χ1v) is 9.61. The standard InChI is InChI=1S/C20H25FN4O3/c1-13-4-8-28-18(13)20(26)23-17-14(2)11-16(24-6-9-27-10-7-24)22-19(17)25-5-3-15(21)12-25/h4,8,11,15H,3,5-7,9-10,12H2,1-2H3,(H,23,26)/t15-/m1/s1. The van der Waals surface area contributed by atoms with Crippen molar-refractivity contribution in [1.82, 2.24) is 4.98 Å². The number of hydrogen-bond donors (Lipinski definition) is 1. The van der Waals surface area contributed by atoms with E-state index < -0.39 is 6.17 Å². The van der Waals surface area contributed by atoms with Gasteiger partial charge in [0.1, 0.15) is 12.0 Å². The lowest BCUT2D eigenvalue weighted by Gasteiger charge is -2.30. The molecule has 0 spiro atoms. The van der Waals surface area contributed by atoms with Crippen molar-refractivity contribution in [3.63, 3.8) is 0 Å². The summed E-state index contributed by atoms with van der Waals surface area (Å²) < 4.78 is 24.6. The summed E-state index contributed by atoms with van der Waals surface area (Å²) in [5.74, 6) is 1.38. The number of aryl methyl sites for hydroxylation is 2. The van der Waals surface area contributed by atoms with Crippen LogP contribution in [0.4, 0.5) is 21.7 Å². The summed E-state index contributed by atoms with van der Waals surface area (Å²) in [6.45, 7) is 7.43. The number of aromatic nitrogens is 1. The van der Waals surface area contributed by atoms with E-state index in [0.29, 0.717) is 37.7 Å². The lowest BCUT2D eigenvalue weighted by atomic mass is 10.2. The minimum absolute atomic E-state index is 0.271. The van der Waals surface area contributed by atoms with Crippen LogP contribution >= 0.6 is 0 Å². The number of morpholine rings is 1. The van der Waals surface area contributed by atoms with E-state index >= 15 is 0 Å². The topological polar surface area (TPSA) is 70.8 Å². The molecule has 28 heavy (non-hydrogen) atoms. The largest absolute Gasteiger partial charge is 0.459 e. The van der Waals surface area contributed by atoms with Gasteiger partial charge in [0.15, 0.2) is 11.6 Å². The second kappa shape index (κ2) is 7.79. The number of halogens is 1. The van der Waals surface area contributed by atoms with Crippen LogP contribution in [0.3, 0.4) is 0 Å². The molecule has 0 aliphatic carbocycles. The van der Waals surface area contributed by atoms with E-state index in [4.69, 9.17) is 14.1 Å². The SMILES string of the molecule is Cc1ccoc1C(=O)Nc1c(C)cc(N2CCOCC2)nc1N1CC[C@@H](F)C1. The van der Waals surface area contributed by atoms with Crippen LogP contribution in [0.2, 0.25) is 0 Å². The van der Waals surface area contributed by atoms with Crippen LogP contribution < -0.4 is 15.1 Å². The molecule has 0 bridgehead atoms. The zero-order valence-electron chi connectivity index (χ0n) is 16.2. The van der Waals surface area contributed by atoms with Crippen molar-refractivity contribution in [2.24, 2.45) is 0 Å². The molecule has 2 aliphatic heterocycles. The fourth-order valence-corrected chi connectivity index (χ4v) is 3.66. The highest BCUT2D eigenvalue weighted by Gasteiger charge is 2.28. The Hall–Kier alpha value is -2.61. The summed E-state index contributed by atoms with van der Waals surface area (Å²) in [7, 11) is 0. The molecule has 0 aromatic carbocycles. The van der Waals surface area contributed by atoms with Gasteiger partial charge in [0, 0.05) is 25.2 Å². The van der Waals surface area contributed by atoms with Crippen molar-refractivity contribution in [3.05, 3.63) is 35.3 Å². The maximum absolute atomic E-state index is 13.9. The molecular weight excluding hydrogens is 363 g/mol. The number of carbonyl (C=O) groups excluding carboxylic acids is 1. The van der Waals surface area contributed by atoms with Gasteiger partial charge in [0.25, 0.3) is 5.91 Å². The lowest BCUT2D eigenvalue weighted by molar-refractivity contribution is 0.0995. The van der Waals surface area contributed by atoms with Crippen molar-refractivity contribution in [1.29, 1.82) is 0 Å². The van der Waals surface area contributed by atoms with Gasteiger partial charge in [-0.15, -0.1) is 0 Å². The van der Waals surface area contributed by atoms with Crippen LogP contribution in [-0.2, 0) is 4.74 Å². The van der Waals surface area contributed by atoms with E-state index in [0.717, 1.165) is 30.0 Å². The Morgan fingerprint density at radius 3 is 2.64 bits per heavy atom. The van der Waals surface area contributed by atoms with Crippen molar-refractivity contribution < 1.29 is 18.3 Å². The summed E-state index contributed by atoms with van der Waals surface area (Å²) in [5, 5.41) is 2.94. The van der Waals surface area contributed by atoms with Gasteiger partial charge in [-0.2, -0.15) is 0 Å². The number of hydrogen-bond acceptors (Lipinski definition) is 6. The third-order valence-electron chi connectivity index (χ3n) is 5.26. The van der Waals surface area contributed by atoms with Crippen LogP contribution in [0, 0.1) is 13.8 Å². The number of nitrogens with one attached hydrogen (secondary N) is 1. The number of carbonyl (C=O) groups is 1. The Labute approximate surface area is 163 Å². The zero-order chi connectivity index (χ0) is 19.7. The third-order valence-corrected chi connectivity index (χ3v) is 5.26. The highest BCUT2D eigenvalue weighted by Crippen LogP contribution is 2.34. The van der Waals surface area contributed by atoms with Crippen molar-refractivity contribution in [2.75, 3.05) is 54.5 Å². The highest BCUT2D eigenvalue weighted by molar-refractivity contribution is 6.05. The molecule has 1 atom stereocenters. The number of nitrogens with zero attached hydrogens (tertiary/aromatic N) is 3. The van der Waals surface area contributed by atoms with E-state index in [2.05, 4.69) is 10.2 Å². The predicted octanol–water partition coefficient (Wildman–Crippen LogP) is 2.93. The first-order chi connectivity index (χ1) is 13.5. The van der Waals surface area contributed by atoms with Crippen LogP contribution in [0.1, 0.15) is 28.1 Å². The molecule has 4 rings (SSSR count). The molecule has 0 saturated carbocycles. The fraction of sp³-hybridized carbons (Fsp3) is 0.500. The Balaban J connectivity index is 1.69. The van der Waals surface area contributed by atoms with Gasteiger partial charge in [-0.3, -0.25) is 4.79 Å². The molecule has 1 amide bonds. The van der Waals surface area contributed by atoms with Crippen molar-refractivity contribution in [3.8, 4) is 0 Å². The number of anilines is 3. The summed E-state index contributed by atoms with van der Waals surface area (Å²) >= 11 is 0. The number of ether oxygens (including phenoxy) is 1. The first-order valence-electron chi connectivity index (χ1n) is 9.61. The number of rotatable bonds is 4. The summed E-state index contributed by atoms with van der Waals surface area (Å²) in [6, 6.07) is 3.71. The number of alkyl halides is 1. The molecule has 2 fully saturated rings. The summed E-state index contributed by atoms with van der Waals surface area (Å²) in [5.41, 5.74) is 2.25. The van der Waals surface area contributed by atoms with Gasteiger partial charge in [0.05, 0.1) is 31.7 Å². The summed E-state index contributed by atoms with van der Waals surface area (Å²) in [6.07, 6.45) is 1.07. The smallest absolute Gasteiger partial charge is 0.291 e. The third kappa shape index (κ3) is 3.69. The van der Waals surface area contributed by atoms with Gasteiger partial charge in [-0.05, 0) is 38.0 Å². The molecule has 7 nitrogen and oxygen atoms in total. The maximum atomic E-state index is 13.9. The average Bonchev–Trinajstić information content (AvgIpc) is 3.32. The molecule has 150 valence electrons. The number of amides is 1. The first kappa shape index (κ1) is 18.7. The van der Waals surface area contributed by atoms with Gasteiger partial charge >= 0.3 is 0 Å². The molecule has 0 radical (unpaired) electrons. The fourth-order valence-electron chi connectivity index (χ4n) is 3.66. The Bertz CT molecular complexity index is 863. The quantitative estimate of drug-likeness (QED) is 0.868. The predicted molar refractivity (Wildman–Crippen MR) is 105 cm³/mol. The van der Waals surface area contributed by atoms with E-state index in [-0.39, 0.29) is 18.2 Å².